The second-order valence-corrected chi connectivity index (χ2v) is 14.9. The third-order valence-electron chi connectivity index (χ3n) is 9.58. The van der Waals surface area contributed by atoms with Gasteiger partial charge in [0.2, 0.25) is 5.60 Å². The van der Waals surface area contributed by atoms with Crippen LogP contribution in [-0.2, 0) is 29.6 Å². The highest BCUT2D eigenvalue weighted by atomic mass is 32.2. The highest BCUT2D eigenvalue weighted by Crippen LogP contribution is 2.43. The van der Waals surface area contributed by atoms with Gasteiger partial charge in [-0.15, -0.1) is 23.1 Å². The Kier molecular flexibility index (Phi) is 9.88. The number of nitrogens with one attached hydrogen (secondary N) is 1. The molecule has 0 radical (unpaired) electrons. The van der Waals surface area contributed by atoms with Crippen molar-refractivity contribution >= 4 is 63.5 Å². The number of rotatable bonds is 11. The fourth-order valence-electron chi connectivity index (χ4n) is 6.96. The van der Waals surface area contributed by atoms with Gasteiger partial charge in [0.1, 0.15) is 22.8 Å². The number of carboxylic acids is 1. The lowest BCUT2D eigenvalue weighted by atomic mass is 9.80. The van der Waals surface area contributed by atoms with Crippen molar-refractivity contribution in [2.45, 2.75) is 23.4 Å². The van der Waals surface area contributed by atoms with E-state index in [0.29, 0.717) is 29.9 Å². The van der Waals surface area contributed by atoms with E-state index in [1.807, 2.05) is 91.0 Å². The number of carbonyl (C=O) groups is 4. The number of aromatic nitrogens is 3. The van der Waals surface area contributed by atoms with Crippen LogP contribution in [0.25, 0.3) is 0 Å². The van der Waals surface area contributed by atoms with Crippen LogP contribution in [0.2, 0.25) is 0 Å². The van der Waals surface area contributed by atoms with Crippen LogP contribution in [-0.4, -0.2) is 78.1 Å². The lowest BCUT2D eigenvalue weighted by molar-refractivity contribution is -0.150. The summed E-state index contributed by atoms with van der Waals surface area (Å²) in [6, 6.07) is 27.3. The Bertz CT molecular complexity index is 2310. The molecule has 3 aliphatic heterocycles. The van der Waals surface area contributed by atoms with Gasteiger partial charge in [-0.1, -0.05) is 96.2 Å². The molecule has 16 heteroatoms. The average molecular weight is 785 g/mol. The molecule has 0 bridgehead atoms. The molecule has 8 rings (SSSR count). The van der Waals surface area contributed by atoms with Crippen LogP contribution in [0.4, 0.5) is 10.9 Å². The number of aliphatic carboxylic acids is 1. The fourth-order valence-corrected chi connectivity index (χ4v) is 8.82. The van der Waals surface area contributed by atoms with Crippen LogP contribution in [0.5, 0.6) is 0 Å². The van der Waals surface area contributed by atoms with Crippen LogP contribution >= 0.6 is 23.1 Å². The number of nitrogens with zero attached hydrogens (tertiary/aromatic N) is 6. The Labute approximate surface area is 328 Å². The zero-order valence-electron chi connectivity index (χ0n) is 29.4. The summed E-state index contributed by atoms with van der Waals surface area (Å²) in [5.74, 6) is -2.49. The van der Waals surface area contributed by atoms with Gasteiger partial charge in [0.15, 0.2) is 16.7 Å². The molecule has 4 N–H and O–H groups in total. The number of fused-ring (bicyclic) bond motifs is 1. The van der Waals surface area contributed by atoms with Gasteiger partial charge in [-0.05, 0) is 18.1 Å². The Hall–Kier alpha value is -6.65. The molecule has 280 valence electrons. The first-order chi connectivity index (χ1) is 27.3. The van der Waals surface area contributed by atoms with Gasteiger partial charge in [-0.2, -0.15) is 0 Å². The smallest absolute Gasteiger partial charge is 0.352 e. The van der Waals surface area contributed by atoms with Crippen molar-refractivity contribution in [3.05, 3.63) is 160 Å². The second kappa shape index (κ2) is 15.2. The van der Waals surface area contributed by atoms with E-state index in [2.05, 4.69) is 25.4 Å². The second-order valence-electron chi connectivity index (χ2n) is 12.9. The summed E-state index contributed by atoms with van der Waals surface area (Å²) in [4.78, 5) is 75.6. The predicted octanol–water partition coefficient (Wildman–Crippen LogP) is 4.33. The number of nitrogen functional groups attached to an aromatic ring is 1. The number of anilines is 2. The summed E-state index contributed by atoms with van der Waals surface area (Å²) in [7, 11) is 0. The number of allylic oxidation sites excluding steroid dienone is 1. The summed E-state index contributed by atoms with van der Waals surface area (Å²) >= 11 is 2.38. The van der Waals surface area contributed by atoms with Gasteiger partial charge in [-0.25, -0.2) is 14.8 Å². The first kappa shape index (κ1) is 36.3. The molecule has 5 heterocycles. The van der Waals surface area contributed by atoms with E-state index in [9.17, 15) is 24.3 Å². The van der Waals surface area contributed by atoms with Crippen molar-refractivity contribution in [2.75, 3.05) is 22.9 Å². The largest absolute Gasteiger partial charge is 0.477 e. The molecule has 56 heavy (non-hydrogen) atoms. The minimum absolute atomic E-state index is 0.129. The quantitative estimate of drug-likeness (QED) is 0.0568. The number of β-lactam (4-membered cyclic amide) rings is 1. The molecule has 2 aromatic heterocycles. The van der Waals surface area contributed by atoms with Gasteiger partial charge in [0, 0.05) is 52.3 Å². The predicted molar refractivity (Wildman–Crippen MR) is 210 cm³/mol. The molecule has 3 aliphatic rings. The molecular weight excluding hydrogens is 753 g/mol. The number of hydrogen-bond donors (Lipinski definition) is 3. The minimum atomic E-state index is -1.33. The summed E-state index contributed by atoms with van der Waals surface area (Å²) in [6.07, 6.45) is 6.37. The van der Waals surface area contributed by atoms with Crippen molar-refractivity contribution in [1.82, 2.24) is 25.2 Å². The minimum Gasteiger partial charge on any atom is -0.477 e. The summed E-state index contributed by atoms with van der Waals surface area (Å²) < 4.78 is 0. The zero-order chi connectivity index (χ0) is 38.8. The number of amides is 3. The van der Waals surface area contributed by atoms with Crippen molar-refractivity contribution in [3.63, 3.8) is 0 Å². The lowest BCUT2D eigenvalue weighted by Gasteiger charge is -2.49. The number of carboxylic acid groups (broad SMARTS) is 1. The van der Waals surface area contributed by atoms with Gasteiger partial charge in [-0.3, -0.25) is 29.2 Å². The number of oxime groups is 1. The Morgan fingerprint density at radius 1 is 0.964 bits per heavy atom. The van der Waals surface area contributed by atoms with E-state index in [1.165, 1.54) is 41.3 Å². The van der Waals surface area contributed by atoms with Crippen molar-refractivity contribution < 1.29 is 29.1 Å². The number of hydrogen-bond acceptors (Lipinski definition) is 12. The van der Waals surface area contributed by atoms with Crippen LogP contribution in [0.15, 0.2) is 143 Å². The van der Waals surface area contributed by atoms with Crippen LogP contribution < -0.4 is 16.0 Å². The number of thiazole rings is 1. The fraction of sp³-hybridized carbons (Fsp3) is 0.150. The van der Waals surface area contributed by atoms with Crippen molar-refractivity contribution in [1.29, 1.82) is 0 Å². The molecule has 5 aromatic rings. The first-order valence-corrected chi connectivity index (χ1v) is 19.3. The first-order valence-electron chi connectivity index (χ1n) is 17.4. The monoisotopic (exact) mass is 784 g/mol. The molecule has 3 amide bonds. The van der Waals surface area contributed by atoms with E-state index >= 15 is 0 Å². The number of nitrogens with two attached hydrogens (primary N) is 1. The Morgan fingerprint density at radius 2 is 1.61 bits per heavy atom. The molecule has 0 saturated carbocycles. The average Bonchev–Trinajstić information content (AvgIpc) is 3.83. The van der Waals surface area contributed by atoms with E-state index in [4.69, 9.17) is 10.6 Å². The maximum atomic E-state index is 14.2. The summed E-state index contributed by atoms with van der Waals surface area (Å²) in [5.41, 5.74) is 7.25. The number of benzene rings is 3. The molecule has 0 aliphatic carbocycles. The molecule has 14 nitrogen and oxygen atoms in total. The van der Waals surface area contributed by atoms with Gasteiger partial charge >= 0.3 is 5.97 Å². The van der Waals surface area contributed by atoms with Crippen molar-refractivity contribution in [3.8, 4) is 0 Å². The molecule has 2 saturated heterocycles. The van der Waals surface area contributed by atoms with E-state index in [-0.39, 0.29) is 33.9 Å². The molecule has 2 fully saturated rings. The Balaban J connectivity index is 1.10. The highest BCUT2D eigenvalue weighted by molar-refractivity contribution is 8.00. The maximum absolute atomic E-state index is 14.2. The Morgan fingerprint density at radius 3 is 2.16 bits per heavy atom. The third-order valence-corrected chi connectivity index (χ3v) is 11.6. The van der Waals surface area contributed by atoms with Crippen LogP contribution in [0, 0.1) is 0 Å². The standard InChI is InChI=1S/C40H32N8O6S2/c41-39-44-29(23-56-39)31(46-54-40(26-10-4-1-5-11-26,27-12-6-2-7-13-27)28-14-8-3-9-15-28)34(49)45-32-36(51)48-33(38(52)53)25(22-55-37(32)48)20-24-16-19-47(35(24)50)30-21-42-17-18-43-30/h1-15,17-18,20-21,23,32,37H,16,19,22H2,(H2,41,44)(H,45,49)(H,52,53)/b24-20+,46-31-/t32-,37-/m1/s1. The normalized spacial score (nSPS) is 19.1. The molecule has 0 spiro atoms. The van der Waals surface area contributed by atoms with Gasteiger partial charge in [0.25, 0.3) is 17.7 Å². The van der Waals surface area contributed by atoms with E-state index in [0.717, 1.165) is 32.9 Å². The van der Waals surface area contributed by atoms with Crippen molar-refractivity contribution in [2.24, 2.45) is 5.16 Å². The number of thioether (sulfide) groups is 1. The maximum Gasteiger partial charge on any atom is 0.352 e. The van der Waals surface area contributed by atoms with E-state index in [1.54, 1.807) is 5.38 Å². The van der Waals surface area contributed by atoms with Crippen LogP contribution in [0.1, 0.15) is 28.8 Å². The molecule has 3 aromatic carbocycles. The van der Waals surface area contributed by atoms with Gasteiger partial charge < -0.3 is 21.0 Å². The topological polar surface area (TPSA) is 193 Å². The van der Waals surface area contributed by atoms with E-state index < -0.39 is 34.8 Å². The number of carbonyl (C=O) groups excluding carboxylic acids is 3. The summed E-state index contributed by atoms with van der Waals surface area (Å²) in [6.45, 7) is 0.354. The molecule has 0 unspecified atom stereocenters. The zero-order valence-corrected chi connectivity index (χ0v) is 31.0. The van der Waals surface area contributed by atoms with Crippen LogP contribution in [0.3, 0.4) is 0 Å². The highest BCUT2D eigenvalue weighted by Gasteiger charge is 2.54. The molecular formula is C40H32N8O6S2. The third kappa shape index (κ3) is 6.58. The SMILES string of the molecule is Nc1nc(/C(=N/OC(c2ccccc2)(c2ccccc2)c2ccccc2)C(=O)N[C@@H]2C(=O)N3C(C(=O)O)=C(/C=C4\CCN(c5cnccn5)C4=O)CS[C@H]23)cs1. The lowest BCUT2D eigenvalue weighted by Crippen LogP contribution is -2.71. The summed E-state index contributed by atoms with van der Waals surface area (Å²) in [5, 5.41) is 18.6. The molecule has 2 atom stereocenters. The van der Waals surface area contributed by atoms with Gasteiger partial charge in [0.05, 0.1) is 6.20 Å².